The van der Waals surface area contributed by atoms with Crippen molar-refractivity contribution < 1.29 is 0 Å². The lowest BCUT2D eigenvalue weighted by molar-refractivity contribution is 0.405. The molecule has 0 amide bonds. The van der Waals surface area contributed by atoms with Gasteiger partial charge in [-0.15, -0.1) is 22.9 Å². The molecule has 1 saturated carbocycles. The average Bonchev–Trinajstić information content (AvgIpc) is 2.71. The molecular formula is C13H19ClS. The van der Waals surface area contributed by atoms with E-state index in [1.165, 1.54) is 34.6 Å². The summed E-state index contributed by atoms with van der Waals surface area (Å²) >= 11 is 8.51. The van der Waals surface area contributed by atoms with Crippen LogP contribution in [-0.2, 0) is 0 Å². The van der Waals surface area contributed by atoms with E-state index in [2.05, 4.69) is 26.8 Å². The topological polar surface area (TPSA) is 0 Å². The van der Waals surface area contributed by atoms with Crippen LogP contribution in [0.2, 0.25) is 0 Å². The molecule has 1 aliphatic rings. The minimum atomic E-state index is 0.243. The summed E-state index contributed by atoms with van der Waals surface area (Å²) < 4.78 is 0. The van der Waals surface area contributed by atoms with Gasteiger partial charge < -0.3 is 0 Å². The third-order valence-electron chi connectivity index (χ3n) is 3.68. The highest BCUT2D eigenvalue weighted by Gasteiger charge is 2.31. The molecule has 0 radical (unpaired) electrons. The molecule has 84 valence electrons. The highest BCUT2D eigenvalue weighted by molar-refractivity contribution is 7.12. The zero-order valence-corrected chi connectivity index (χ0v) is 11.3. The van der Waals surface area contributed by atoms with E-state index in [0.717, 1.165) is 5.92 Å². The van der Waals surface area contributed by atoms with Crippen LogP contribution in [0.25, 0.3) is 0 Å². The summed E-state index contributed by atoms with van der Waals surface area (Å²) in [7, 11) is 0. The van der Waals surface area contributed by atoms with Crippen LogP contribution in [0.15, 0.2) is 6.07 Å². The Hall–Kier alpha value is -0.0100. The highest BCUT2D eigenvalue weighted by Crippen LogP contribution is 2.45. The Morgan fingerprint density at radius 2 is 2.13 bits per heavy atom. The lowest BCUT2D eigenvalue weighted by atomic mass is 9.90. The standard InChI is InChI=1S/C13H19ClS/c1-8-5-4-6-11(8)13(14)12-7-9(2)15-10(12)3/h7-8,11,13H,4-6H2,1-3H3. The number of aryl methyl sites for hydroxylation is 2. The fourth-order valence-electron chi connectivity index (χ4n) is 2.76. The van der Waals surface area contributed by atoms with Crippen molar-refractivity contribution >= 4 is 22.9 Å². The first kappa shape index (κ1) is 11.5. The minimum absolute atomic E-state index is 0.243. The molecule has 0 spiro atoms. The Bertz CT molecular complexity index is 342. The van der Waals surface area contributed by atoms with Gasteiger partial charge in [0.1, 0.15) is 0 Å². The fourth-order valence-corrected chi connectivity index (χ4v) is 4.40. The van der Waals surface area contributed by atoms with Crippen LogP contribution in [0, 0.1) is 25.7 Å². The molecule has 0 nitrogen and oxygen atoms in total. The molecule has 1 fully saturated rings. The van der Waals surface area contributed by atoms with Crippen LogP contribution in [0.3, 0.4) is 0 Å². The van der Waals surface area contributed by atoms with Crippen molar-refractivity contribution in [2.24, 2.45) is 11.8 Å². The molecule has 0 aliphatic heterocycles. The Kier molecular flexibility index (Phi) is 3.42. The number of alkyl halides is 1. The van der Waals surface area contributed by atoms with Crippen molar-refractivity contribution in [3.8, 4) is 0 Å². The molecular weight excluding hydrogens is 224 g/mol. The molecule has 1 aromatic rings. The van der Waals surface area contributed by atoms with E-state index >= 15 is 0 Å². The third kappa shape index (κ3) is 2.24. The highest BCUT2D eigenvalue weighted by atomic mass is 35.5. The Morgan fingerprint density at radius 3 is 2.60 bits per heavy atom. The van der Waals surface area contributed by atoms with Gasteiger partial charge in [-0.3, -0.25) is 0 Å². The Balaban J connectivity index is 2.19. The van der Waals surface area contributed by atoms with Crippen LogP contribution in [0.4, 0.5) is 0 Å². The van der Waals surface area contributed by atoms with Crippen molar-refractivity contribution in [1.29, 1.82) is 0 Å². The maximum atomic E-state index is 6.63. The van der Waals surface area contributed by atoms with Gasteiger partial charge in [-0.2, -0.15) is 0 Å². The summed E-state index contributed by atoms with van der Waals surface area (Å²) in [6.45, 7) is 6.71. The normalized spacial score (nSPS) is 28.3. The monoisotopic (exact) mass is 242 g/mol. The first-order valence-corrected chi connectivity index (χ1v) is 7.06. The number of halogens is 1. The largest absolute Gasteiger partial charge is 0.146 e. The molecule has 1 aliphatic carbocycles. The van der Waals surface area contributed by atoms with Crippen LogP contribution < -0.4 is 0 Å². The first-order valence-electron chi connectivity index (χ1n) is 5.80. The summed E-state index contributed by atoms with van der Waals surface area (Å²) in [4.78, 5) is 2.80. The molecule has 1 aromatic heterocycles. The van der Waals surface area contributed by atoms with Gasteiger partial charge in [0.15, 0.2) is 0 Å². The molecule has 2 rings (SSSR count). The first-order chi connectivity index (χ1) is 7.09. The molecule has 3 atom stereocenters. The van der Waals surface area contributed by atoms with Gasteiger partial charge in [-0.25, -0.2) is 0 Å². The number of thiophene rings is 1. The van der Waals surface area contributed by atoms with Crippen LogP contribution in [0.5, 0.6) is 0 Å². The smallest absolute Gasteiger partial charge is 0.0626 e. The average molecular weight is 243 g/mol. The SMILES string of the molecule is Cc1cc(C(Cl)C2CCCC2C)c(C)s1. The van der Waals surface area contributed by atoms with E-state index in [1.54, 1.807) is 0 Å². The predicted molar refractivity (Wildman–Crippen MR) is 68.9 cm³/mol. The lowest BCUT2D eigenvalue weighted by Gasteiger charge is -2.21. The molecule has 3 unspecified atom stereocenters. The fraction of sp³-hybridized carbons (Fsp3) is 0.692. The predicted octanol–water partition coefficient (Wildman–Crippen LogP) is 5.08. The van der Waals surface area contributed by atoms with Gasteiger partial charge in [-0.1, -0.05) is 19.8 Å². The zero-order chi connectivity index (χ0) is 11.0. The number of hydrogen-bond acceptors (Lipinski definition) is 1. The summed E-state index contributed by atoms with van der Waals surface area (Å²) in [6.07, 6.45) is 4.02. The van der Waals surface area contributed by atoms with E-state index in [9.17, 15) is 0 Å². The van der Waals surface area contributed by atoms with E-state index in [-0.39, 0.29) is 5.38 Å². The summed E-state index contributed by atoms with van der Waals surface area (Å²) in [6, 6.07) is 2.28. The second-order valence-electron chi connectivity index (χ2n) is 4.84. The molecule has 1 heterocycles. The molecule has 0 aromatic carbocycles. The van der Waals surface area contributed by atoms with Crippen molar-refractivity contribution in [1.82, 2.24) is 0 Å². The van der Waals surface area contributed by atoms with Crippen LogP contribution >= 0.6 is 22.9 Å². The molecule has 0 bridgehead atoms. The van der Waals surface area contributed by atoms with Crippen molar-refractivity contribution in [2.45, 2.75) is 45.4 Å². The molecule has 0 saturated heterocycles. The van der Waals surface area contributed by atoms with Gasteiger partial charge in [0.25, 0.3) is 0 Å². The number of hydrogen-bond donors (Lipinski definition) is 0. The molecule has 15 heavy (non-hydrogen) atoms. The van der Waals surface area contributed by atoms with Gasteiger partial charge in [-0.05, 0) is 43.7 Å². The van der Waals surface area contributed by atoms with E-state index in [0.29, 0.717) is 5.92 Å². The quantitative estimate of drug-likeness (QED) is 0.635. The van der Waals surface area contributed by atoms with E-state index in [1.807, 2.05) is 11.3 Å². The van der Waals surface area contributed by atoms with Crippen LogP contribution in [0.1, 0.15) is 46.9 Å². The van der Waals surface area contributed by atoms with E-state index in [4.69, 9.17) is 11.6 Å². The Morgan fingerprint density at radius 1 is 1.40 bits per heavy atom. The maximum absolute atomic E-state index is 6.63. The van der Waals surface area contributed by atoms with Gasteiger partial charge >= 0.3 is 0 Å². The van der Waals surface area contributed by atoms with Crippen LogP contribution in [-0.4, -0.2) is 0 Å². The Labute approximate surface area is 102 Å². The van der Waals surface area contributed by atoms with Gasteiger partial charge in [0.05, 0.1) is 5.38 Å². The lowest BCUT2D eigenvalue weighted by Crippen LogP contribution is -2.10. The minimum Gasteiger partial charge on any atom is -0.146 e. The summed E-state index contributed by atoms with van der Waals surface area (Å²) in [5, 5.41) is 0.243. The van der Waals surface area contributed by atoms with Crippen molar-refractivity contribution in [3.63, 3.8) is 0 Å². The third-order valence-corrected chi connectivity index (χ3v) is 5.22. The van der Waals surface area contributed by atoms with Crippen molar-refractivity contribution in [2.75, 3.05) is 0 Å². The van der Waals surface area contributed by atoms with E-state index < -0.39 is 0 Å². The second kappa shape index (κ2) is 4.47. The maximum Gasteiger partial charge on any atom is 0.0626 e. The zero-order valence-electron chi connectivity index (χ0n) is 9.72. The second-order valence-corrected chi connectivity index (χ2v) is 6.77. The van der Waals surface area contributed by atoms with Gasteiger partial charge in [0, 0.05) is 9.75 Å². The molecule has 2 heteroatoms. The van der Waals surface area contributed by atoms with Gasteiger partial charge in [0.2, 0.25) is 0 Å². The molecule has 0 N–H and O–H groups in total. The summed E-state index contributed by atoms with van der Waals surface area (Å²) in [5.41, 5.74) is 1.39. The number of rotatable bonds is 2. The van der Waals surface area contributed by atoms with Crippen molar-refractivity contribution in [3.05, 3.63) is 21.4 Å². The summed E-state index contributed by atoms with van der Waals surface area (Å²) in [5.74, 6) is 1.49.